The fourth-order valence-corrected chi connectivity index (χ4v) is 2.95. The third-order valence-electron chi connectivity index (χ3n) is 2.63. The van der Waals surface area contributed by atoms with E-state index in [1.807, 2.05) is 24.1 Å². The molecule has 0 amide bonds. The third kappa shape index (κ3) is 3.81. The van der Waals surface area contributed by atoms with Crippen LogP contribution in [0.2, 0.25) is 9.49 Å². The van der Waals surface area contributed by atoms with Gasteiger partial charge >= 0.3 is 0 Å². The van der Waals surface area contributed by atoms with E-state index in [1.54, 1.807) is 17.4 Å². The van der Waals surface area contributed by atoms with Crippen molar-refractivity contribution in [3.8, 4) is 0 Å². The fourth-order valence-electron chi connectivity index (χ4n) is 1.63. The molecule has 0 saturated carbocycles. The van der Waals surface area contributed by atoms with Gasteiger partial charge in [0, 0.05) is 23.9 Å². The zero-order valence-corrected chi connectivity index (χ0v) is 13.4. The number of anilines is 1. The first-order valence-corrected chi connectivity index (χ1v) is 7.53. The van der Waals surface area contributed by atoms with E-state index in [0.29, 0.717) is 5.15 Å². The molecular weight excluding hydrogens is 301 g/mol. The first kappa shape index (κ1) is 14.6. The van der Waals surface area contributed by atoms with Gasteiger partial charge in [-0.3, -0.25) is 0 Å². The van der Waals surface area contributed by atoms with Crippen molar-refractivity contribution < 1.29 is 0 Å². The van der Waals surface area contributed by atoms with Gasteiger partial charge in [-0.2, -0.15) is 0 Å². The summed E-state index contributed by atoms with van der Waals surface area (Å²) in [4.78, 5) is 12.0. The Kier molecular flexibility index (Phi) is 4.66. The van der Waals surface area contributed by atoms with Gasteiger partial charge in [0.2, 0.25) is 0 Å². The summed E-state index contributed by atoms with van der Waals surface area (Å²) in [5.74, 6) is 1.84. The summed E-state index contributed by atoms with van der Waals surface area (Å²) >= 11 is 13.6. The Labute approximate surface area is 127 Å². The van der Waals surface area contributed by atoms with E-state index in [9.17, 15) is 0 Å². The molecule has 0 spiro atoms. The van der Waals surface area contributed by atoms with Crippen LogP contribution in [0, 0.1) is 0 Å². The topological polar surface area (TPSA) is 29.0 Å². The third-order valence-corrected chi connectivity index (χ3v) is 4.04. The van der Waals surface area contributed by atoms with Gasteiger partial charge in [-0.1, -0.05) is 37.0 Å². The van der Waals surface area contributed by atoms with E-state index in [1.165, 1.54) is 4.88 Å². The highest BCUT2D eigenvalue weighted by atomic mass is 35.5. The normalized spacial score (nSPS) is 11.1. The minimum absolute atomic E-state index is 0.252. The van der Waals surface area contributed by atoms with Crippen molar-refractivity contribution in [1.82, 2.24) is 9.97 Å². The molecule has 0 N–H and O–H groups in total. The summed E-state index contributed by atoms with van der Waals surface area (Å²) in [6, 6.07) is 5.71. The Morgan fingerprint density at radius 2 is 2.00 bits per heavy atom. The Morgan fingerprint density at radius 1 is 1.26 bits per heavy atom. The fraction of sp³-hybridized carbons (Fsp3) is 0.385. The maximum absolute atomic E-state index is 6.05. The van der Waals surface area contributed by atoms with Crippen molar-refractivity contribution in [1.29, 1.82) is 0 Å². The van der Waals surface area contributed by atoms with Crippen LogP contribution >= 0.6 is 34.5 Å². The molecule has 0 fully saturated rings. The molecule has 0 aliphatic rings. The molecule has 0 aliphatic heterocycles. The summed E-state index contributed by atoms with van der Waals surface area (Å²) in [5, 5.41) is 0.477. The van der Waals surface area contributed by atoms with Crippen LogP contribution < -0.4 is 4.90 Å². The highest BCUT2D eigenvalue weighted by Gasteiger charge is 2.11. The Morgan fingerprint density at radius 3 is 2.58 bits per heavy atom. The van der Waals surface area contributed by atoms with Gasteiger partial charge in [0.1, 0.15) is 16.8 Å². The summed E-state index contributed by atoms with van der Waals surface area (Å²) in [7, 11) is 1.98. The quantitative estimate of drug-likeness (QED) is 0.772. The average molecular weight is 316 g/mol. The number of nitrogens with zero attached hydrogens (tertiary/aromatic N) is 3. The van der Waals surface area contributed by atoms with E-state index in [2.05, 4.69) is 23.8 Å². The minimum atomic E-state index is 0.252. The molecule has 0 bridgehead atoms. The number of hydrogen-bond acceptors (Lipinski definition) is 4. The van der Waals surface area contributed by atoms with Crippen molar-refractivity contribution in [3.63, 3.8) is 0 Å². The van der Waals surface area contributed by atoms with E-state index in [-0.39, 0.29) is 5.92 Å². The molecule has 3 nitrogen and oxygen atoms in total. The maximum Gasteiger partial charge on any atom is 0.135 e. The lowest BCUT2D eigenvalue weighted by molar-refractivity contribution is 0.763. The molecule has 0 saturated heterocycles. The van der Waals surface area contributed by atoms with Gasteiger partial charge in [0.15, 0.2) is 0 Å². The Balaban J connectivity index is 2.20. The SMILES string of the molecule is CC(C)c1nc(Cl)cc(N(C)Cc2ccc(Cl)s2)n1. The number of rotatable bonds is 4. The molecule has 0 aliphatic carbocycles. The summed E-state index contributed by atoms with van der Waals surface area (Å²) < 4.78 is 0.798. The molecule has 2 heterocycles. The van der Waals surface area contributed by atoms with Gasteiger partial charge < -0.3 is 4.90 Å². The number of aromatic nitrogens is 2. The summed E-state index contributed by atoms with van der Waals surface area (Å²) in [6.45, 7) is 4.85. The Hall–Kier alpha value is -0.840. The molecule has 2 aromatic heterocycles. The van der Waals surface area contributed by atoms with E-state index < -0.39 is 0 Å². The van der Waals surface area contributed by atoms with Crippen molar-refractivity contribution in [2.24, 2.45) is 0 Å². The Bertz CT molecular complexity index is 569. The van der Waals surface area contributed by atoms with Crippen LogP contribution in [0.5, 0.6) is 0 Å². The molecule has 2 rings (SSSR count). The van der Waals surface area contributed by atoms with Crippen LogP contribution in [0.3, 0.4) is 0 Å². The van der Waals surface area contributed by atoms with Crippen molar-refractivity contribution in [2.45, 2.75) is 26.3 Å². The zero-order chi connectivity index (χ0) is 14.0. The number of halogens is 2. The maximum atomic E-state index is 6.05. The van der Waals surface area contributed by atoms with Crippen LogP contribution in [0.15, 0.2) is 18.2 Å². The van der Waals surface area contributed by atoms with E-state index >= 15 is 0 Å². The molecule has 0 aromatic carbocycles. The predicted molar refractivity (Wildman–Crippen MR) is 82.6 cm³/mol. The molecule has 0 unspecified atom stereocenters. The molecule has 6 heteroatoms. The van der Waals surface area contributed by atoms with E-state index in [4.69, 9.17) is 23.2 Å². The number of hydrogen-bond donors (Lipinski definition) is 0. The van der Waals surface area contributed by atoms with Crippen molar-refractivity contribution >= 4 is 40.4 Å². The van der Waals surface area contributed by atoms with Crippen LogP contribution in [0.4, 0.5) is 5.82 Å². The van der Waals surface area contributed by atoms with Crippen LogP contribution in [0.1, 0.15) is 30.5 Å². The van der Waals surface area contributed by atoms with Crippen molar-refractivity contribution in [3.05, 3.63) is 38.4 Å². The van der Waals surface area contributed by atoms with Crippen LogP contribution in [-0.2, 0) is 6.54 Å². The van der Waals surface area contributed by atoms with Crippen molar-refractivity contribution in [2.75, 3.05) is 11.9 Å². The van der Waals surface area contributed by atoms with Gasteiger partial charge in [0.05, 0.1) is 10.9 Å². The second-order valence-electron chi connectivity index (χ2n) is 4.62. The lowest BCUT2D eigenvalue weighted by Crippen LogP contribution is -2.18. The van der Waals surface area contributed by atoms with E-state index in [0.717, 1.165) is 22.5 Å². The van der Waals surface area contributed by atoms with Gasteiger partial charge in [-0.15, -0.1) is 11.3 Å². The number of thiophene rings is 1. The summed E-state index contributed by atoms with van der Waals surface area (Å²) in [6.07, 6.45) is 0. The van der Waals surface area contributed by atoms with Gasteiger partial charge in [-0.25, -0.2) is 9.97 Å². The molecule has 2 aromatic rings. The highest BCUT2D eigenvalue weighted by molar-refractivity contribution is 7.16. The minimum Gasteiger partial charge on any atom is -0.354 e. The van der Waals surface area contributed by atoms with Crippen LogP contribution in [0.25, 0.3) is 0 Å². The first-order valence-electron chi connectivity index (χ1n) is 5.95. The monoisotopic (exact) mass is 315 g/mol. The lowest BCUT2D eigenvalue weighted by atomic mass is 10.2. The largest absolute Gasteiger partial charge is 0.354 e. The first-order chi connectivity index (χ1) is 8.95. The predicted octanol–water partition coefficient (Wildman–Crippen LogP) is 4.60. The van der Waals surface area contributed by atoms with Crippen LogP contribution in [-0.4, -0.2) is 17.0 Å². The average Bonchev–Trinajstić information content (AvgIpc) is 2.73. The zero-order valence-electron chi connectivity index (χ0n) is 11.0. The summed E-state index contributed by atoms with van der Waals surface area (Å²) in [5.41, 5.74) is 0. The smallest absolute Gasteiger partial charge is 0.135 e. The molecule has 0 atom stereocenters. The highest BCUT2D eigenvalue weighted by Crippen LogP contribution is 2.25. The van der Waals surface area contributed by atoms with Gasteiger partial charge in [0.25, 0.3) is 0 Å². The molecular formula is C13H15Cl2N3S. The van der Waals surface area contributed by atoms with Gasteiger partial charge in [-0.05, 0) is 12.1 Å². The standard InChI is InChI=1S/C13H15Cl2N3S/c1-8(2)13-16-10(14)6-12(17-13)18(3)7-9-4-5-11(15)19-9/h4-6,8H,7H2,1-3H3. The molecule has 0 radical (unpaired) electrons. The second-order valence-corrected chi connectivity index (χ2v) is 6.81. The molecule has 19 heavy (non-hydrogen) atoms. The molecule has 102 valence electrons. The lowest BCUT2D eigenvalue weighted by Gasteiger charge is -2.18. The second kappa shape index (κ2) is 6.07.